The van der Waals surface area contributed by atoms with Crippen LogP contribution >= 0.6 is 0 Å². The molecule has 1 heterocycles. The molecule has 2 rings (SSSR count). The molecule has 19 heavy (non-hydrogen) atoms. The van der Waals surface area contributed by atoms with E-state index in [1.54, 1.807) is 12.4 Å². The Morgan fingerprint density at radius 1 is 1.05 bits per heavy atom. The lowest BCUT2D eigenvalue weighted by atomic mass is 9.99. The van der Waals surface area contributed by atoms with E-state index in [0.29, 0.717) is 0 Å². The molecule has 0 unspecified atom stereocenters. The molecule has 0 spiro atoms. The fourth-order valence-electron chi connectivity index (χ4n) is 2.16. The summed E-state index contributed by atoms with van der Waals surface area (Å²) < 4.78 is 0. The third kappa shape index (κ3) is 3.50. The van der Waals surface area contributed by atoms with Crippen LogP contribution in [0.3, 0.4) is 0 Å². The van der Waals surface area contributed by atoms with Crippen molar-refractivity contribution in [3.8, 4) is 11.4 Å². The van der Waals surface area contributed by atoms with Crippen molar-refractivity contribution in [2.75, 3.05) is 0 Å². The van der Waals surface area contributed by atoms with Gasteiger partial charge in [0.15, 0.2) is 5.82 Å². The number of hydrogen-bond acceptors (Lipinski definition) is 2. The zero-order chi connectivity index (χ0) is 13.5. The molecule has 1 aromatic carbocycles. The van der Waals surface area contributed by atoms with E-state index in [9.17, 15) is 0 Å². The normalized spacial score (nSPS) is 11.6. The average molecular weight is 252 g/mol. The molecule has 0 saturated heterocycles. The predicted octanol–water partition coefficient (Wildman–Crippen LogP) is 4.74. The molecule has 98 valence electrons. The van der Waals surface area contributed by atoms with Crippen molar-refractivity contribution in [2.45, 2.75) is 33.1 Å². The zero-order valence-corrected chi connectivity index (χ0v) is 11.6. The molecule has 1 aromatic heterocycles. The zero-order valence-electron chi connectivity index (χ0n) is 11.6. The minimum Gasteiger partial charge on any atom is -0.237 e. The number of benzene rings is 1. The van der Waals surface area contributed by atoms with Gasteiger partial charge in [0, 0.05) is 18.0 Å². The van der Waals surface area contributed by atoms with Crippen LogP contribution in [0.1, 0.15) is 38.7 Å². The molecule has 0 radical (unpaired) electrons. The van der Waals surface area contributed by atoms with Crippen LogP contribution in [-0.4, -0.2) is 9.97 Å². The maximum absolute atomic E-state index is 4.27. The lowest BCUT2D eigenvalue weighted by Gasteiger charge is -2.07. The molecular formula is C17H20N2. The van der Waals surface area contributed by atoms with E-state index in [-0.39, 0.29) is 0 Å². The summed E-state index contributed by atoms with van der Waals surface area (Å²) in [4.78, 5) is 8.54. The van der Waals surface area contributed by atoms with Gasteiger partial charge in [-0.05, 0) is 30.0 Å². The van der Waals surface area contributed by atoms with Gasteiger partial charge in [-0.3, -0.25) is 0 Å². The first kappa shape index (κ1) is 13.5. The van der Waals surface area contributed by atoms with Gasteiger partial charge in [-0.1, -0.05) is 50.6 Å². The van der Waals surface area contributed by atoms with Crippen LogP contribution in [0.15, 0.2) is 48.8 Å². The molecular weight excluding hydrogens is 232 g/mol. The molecule has 0 saturated carbocycles. The number of hydrogen-bond donors (Lipinski definition) is 0. The number of rotatable bonds is 5. The highest BCUT2D eigenvalue weighted by molar-refractivity contribution is 5.68. The van der Waals surface area contributed by atoms with Gasteiger partial charge in [0.05, 0.1) is 0 Å². The maximum atomic E-state index is 4.27. The highest BCUT2D eigenvalue weighted by Crippen LogP contribution is 2.23. The van der Waals surface area contributed by atoms with Crippen molar-refractivity contribution in [3.63, 3.8) is 0 Å². The Balaban J connectivity index is 2.25. The van der Waals surface area contributed by atoms with Crippen LogP contribution in [0, 0.1) is 0 Å². The molecule has 0 atom stereocenters. The van der Waals surface area contributed by atoms with Crippen LogP contribution in [0.25, 0.3) is 17.0 Å². The minimum atomic E-state index is 0.783. The minimum absolute atomic E-state index is 0.783. The standard InChI is InChI=1S/C17H20N2/c1-3-6-14(7-4-2)15-8-10-16(11-9-15)17-18-12-5-13-19-17/h5-6,8-13H,3-4,7H2,1-2H3/b14-6+. The summed E-state index contributed by atoms with van der Waals surface area (Å²) in [6.45, 7) is 4.40. The lowest BCUT2D eigenvalue weighted by Crippen LogP contribution is -1.89. The van der Waals surface area contributed by atoms with Crippen LogP contribution in [0.4, 0.5) is 0 Å². The van der Waals surface area contributed by atoms with E-state index in [1.165, 1.54) is 17.6 Å². The number of nitrogens with zero attached hydrogens (tertiary/aromatic N) is 2. The molecule has 2 aromatic rings. The summed E-state index contributed by atoms with van der Waals surface area (Å²) in [7, 11) is 0. The van der Waals surface area contributed by atoms with Gasteiger partial charge < -0.3 is 0 Å². The smallest absolute Gasteiger partial charge is 0.159 e. The monoisotopic (exact) mass is 252 g/mol. The summed E-state index contributed by atoms with van der Waals surface area (Å²) in [6, 6.07) is 10.4. The van der Waals surface area contributed by atoms with Gasteiger partial charge in [0.25, 0.3) is 0 Å². The van der Waals surface area contributed by atoms with Crippen molar-refractivity contribution < 1.29 is 0 Å². The second kappa shape index (κ2) is 6.83. The van der Waals surface area contributed by atoms with E-state index in [2.05, 4.69) is 54.2 Å². The topological polar surface area (TPSA) is 25.8 Å². The van der Waals surface area contributed by atoms with Crippen molar-refractivity contribution >= 4 is 5.57 Å². The van der Waals surface area contributed by atoms with Crippen LogP contribution in [0.5, 0.6) is 0 Å². The molecule has 2 nitrogen and oxygen atoms in total. The molecule has 0 amide bonds. The third-order valence-corrected chi connectivity index (χ3v) is 3.05. The second-order valence-corrected chi connectivity index (χ2v) is 4.54. The van der Waals surface area contributed by atoms with Gasteiger partial charge in [0.1, 0.15) is 0 Å². The Labute approximate surface area is 115 Å². The largest absolute Gasteiger partial charge is 0.237 e. The van der Waals surface area contributed by atoms with Gasteiger partial charge >= 0.3 is 0 Å². The van der Waals surface area contributed by atoms with Gasteiger partial charge in [-0.25, -0.2) is 9.97 Å². The molecule has 0 aliphatic heterocycles. The summed E-state index contributed by atoms with van der Waals surface area (Å²) in [5.41, 5.74) is 3.81. The fraction of sp³-hybridized carbons (Fsp3) is 0.294. The van der Waals surface area contributed by atoms with Crippen molar-refractivity contribution in [1.29, 1.82) is 0 Å². The van der Waals surface area contributed by atoms with E-state index < -0.39 is 0 Å². The third-order valence-electron chi connectivity index (χ3n) is 3.05. The van der Waals surface area contributed by atoms with Crippen LogP contribution in [-0.2, 0) is 0 Å². The summed E-state index contributed by atoms with van der Waals surface area (Å²) in [5, 5.41) is 0. The highest BCUT2D eigenvalue weighted by atomic mass is 14.8. The average Bonchev–Trinajstić information content (AvgIpc) is 2.48. The Morgan fingerprint density at radius 2 is 1.74 bits per heavy atom. The molecule has 2 heteroatoms. The van der Waals surface area contributed by atoms with E-state index in [1.807, 2.05) is 6.07 Å². The molecule has 0 bridgehead atoms. The van der Waals surface area contributed by atoms with E-state index in [4.69, 9.17) is 0 Å². The highest BCUT2D eigenvalue weighted by Gasteiger charge is 2.03. The Kier molecular flexibility index (Phi) is 4.85. The van der Waals surface area contributed by atoms with E-state index >= 15 is 0 Å². The molecule has 0 fully saturated rings. The van der Waals surface area contributed by atoms with Gasteiger partial charge in [-0.15, -0.1) is 0 Å². The van der Waals surface area contributed by atoms with Crippen molar-refractivity contribution in [2.24, 2.45) is 0 Å². The fourth-order valence-corrected chi connectivity index (χ4v) is 2.16. The van der Waals surface area contributed by atoms with E-state index in [0.717, 1.165) is 24.2 Å². The van der Waals surface area contributed by atoms with Gasteiger partial charge in [-0.2, -0.15) is 0 Å². The summed E-state index contributed by atoms with van der Waals surface area (Å²) in [5.74, 6) is 0.783. The summed E-state index contributed by atoms with van der Waals surface area (Å²) >= 11 is 0. The Hall–Kier alpha value is -1.96. The maximum Gasteiger partial charge on any atom is 0.159 e. The first-order valence-electron chi connectivity index (χ1n) is 6.92. The van der Waals surface area contributed by atoms with Crippen LogP contribution in [0.2, 0.25) is 0 Å². The Morgan fingerprint density at radius 3 is 2.32 bits per heavy atom. The Bertz CT molecular complexity index is 527. The first-order valence-corrected chi connectivity index (χ1v) is 6.92. The summed E-state index contributed by atoms with van der Waals surface area (Å²) in [6.07, 6.45) is 9.26. The van der Waals surface area contributed by atoms with Crippen molar-refractivity contribution in [3.05, 3.63) is 54.4 Å². The lowest BCUT2D eigenvalue weighted by molar-refractivity contribution is 0.967. The van der Waals surface area contributed by atoms with Crippen LogP contribution < -0.4 is 0 Å². The quantitative estimate of drug-likeness (QED) is 0.768. The molecule has 0 N–H and O–H groups in total. The number of allylic oxidation sites excluding steroid dienone is 2. The first-order chi connectivity index (χ1) is 9.35. The van der Waals surface area contributed by atoms with Gasteiger partial charge in [0.2, 0.25) is 0 Å². The number of aromatic nitrogens is 2. The molecule has 0 aliphatic rings. The molecule has 0 aliphatic carbocycles. The van der Waals surface area contributed by atoms with Crippen molar-refractivity contribution in [1.82, 2.24) is 9.97 Å². The SMILES string of the molecule is CC/C=C(\CCC)c1ccc(-c2ncccn2)cc1. The second-order valence-electron chi connectivity index (χ2n) is 4.54. The predicted molar refractivity (Wildman–Crippen MR) is 80.6 cm³/mol.